The van der Waals surface area contributed by atoms with Gasteiger partial charge >= 0.3 is 0 Å². The van der Waals surface area contributed by atoms with E-state index in [2.05, 4.69) is 5.32 Å². The first-order valence-corrected chi connectivity index (χ1v) is 12.3. The van der Waals surface area contributed by atoms with Gasteiger partial charge < -0.3 is 5.32 Å². The summed E-state index contributed by atoms with van der Waals surface area (Å²) in [5.74, 6) is -0.704. The van der Waals surface area contributed by atoms with Crippen LogP contribution in [0.5, 0.6) is 0 Å². The summed E-state index contributed by atoms with van der Waals surface area (Å²) in [6.45, 7) is 0.596. The lowest BCUT2D eigenvalue weighted by atomic mass is 10.1. The highest BCUT2D eigenvalue weighted by atomic mass is 35.5. The molecule has 3 aromatic rings. The zero-order valence-electron chi connectivity index (χ0n) is 17.7. The molecular formula is C22H18Cl3N3O5S. The molecule has 0 aromatic heterocycles. The van der Waals surface area contributed by atoms with Crippen LogP contribution in [0.2, 0.25) is 15.1 Å². The fraction of sp³-hybridized carbons (Fsp3) is 0.136. The van der Waals surface area contributed by atoms with Crippen molar-refractivity contribution >= 4 is 62.1 Å². The van der Waals surface area contributed by atoms with Gasteiger partial charge in [0.1, 0.15) is 0 Å². The van der Waals surface area contributed by atoms with Crippen LogP contribution in [0, 0.1) is 17.0 Å². The largest absolute Gasteiger partial charge is 0.324 e. The fourth-order valence-electron chi connectivity index (χ4n) is 3.15. The fourth-order valence-corrected chi connectivity index (χ4v) is 5.16. The van der Waals surface area contributed by atoms with Crippen LogP contribution in [0.1, 0.15) is 11.1 Å². The maximum Gasteiger partial charge on any atom is 0.274 e. The van der Waals surface area contributed by atoms with Gasteiger partial charge in [-0.1, -0.05) is 46.9 Å². The Morgan fingerprint density at radius 3 is 2.18 bits per heavy atom. The average Bonchev–Trinajstić information content (AvgIpc) is 2.77. The predicted octanol–water partition coefficient (Wildman–Crippen LogP) is 5.69. The first kappa shape index (κ1) is 25.9. The number of nitrogens with zero attached hydrogens (tertiary/aromatic N) is 2. The molecule has 0 atom stereocenters. The number of benzene rings is 3. The highest BCUT2D eigenvalue weighted by molar-refractivity contribution is 7.89. The quantitative estimate of drug-likeness (QED) is 0.290. The highest BCUT2D eigenvalue weighted by Gasteiger charge is 2.29. The van der Waals surface area contributed by atoms with Crippen LogP contribution in [0.3, 0.4) is 0 Å². The Bertz CT molecular complexity index is 1330. The van der Waals surface area contributed by atoms with E-state index in [9.17, 15) is 23.3 Å². The number of halogens is 3. The van der Waals surface area contributed by atoms with E-state index < -0.39 is 27.4 Å². The molecule has 34 heavy (non-hydrogen) atoms. The number of rotatable bonds is 8. The molecule has 12 heteroatoms. The normalized spacial score (nSPS) is 11.4. The van der Waals surface area contributed by atoms with Crippen molar-refractivity contribution in [2.24, 2.45) is 0 Å². The van der Waals surface area contributed by atoms with Crippen LogP contribution in [-0.2, 0) is 21.4 Å². The Hall–Kier alpha value is -2.69. The number of carbonyl (C=O) groups is 1. The van der Waals surface area contributed by atoms with Crippen molar-refractivity contribution in [1.29, 1.82) is 0 Å². The summed E-state index contributed by atoms with van der Waals surface area (Å²) in [6.07, 6.45) is 0. The van der Waals surface area contributed by atoms with Crippen LogP contribution >= 0.6 is 34.8 Å². The lowest BCUT2D eigenvalue weighted by molar-refractivity contribution is -0.385. The number of nitro groups is 1. The van der Waals surface area contributed by atoms with Gasteiger partial charge in [0.25, 0.3) is 5.69 Å². The van der Waals surface area contributed by atoms with Crippen LogP contribution in [0.4, 0.5) is 11.4 Å². The molecule has 178 valence electrons. The van der Waals surface area contributed by atoms with Gasteiger partial charge in [-0.05, 0) is 49.4 Å². The highest BCUT2D eigenvalue weighted by Crippen LogP contribution is 2.29. The van der Waals surface area contributed by atoms with Gasteiger partial charge in [0.15, 0.2) is 0 Å². The lowest BCUT2D eigenvalue weighted by Gasteiger charge is -2.23. The third-order valence-electron chi connectivity index (χ3n) is 4.94. The first-order valence-electron chi connectivity index (χ1n) is 9.73. The minimum atomic E-state index is -4.18. The topological polar surface area (TPSA) is 110 Å². The second kappa shape index (κ2) is 10.7. The Labute approximate surface area is 211 Å². The van der Waals surface area contributed by atoms with Gasteiger partial charge in [0.2, 0.25) is 15.9 Å². The monoisotopic (exact) mass is 541 g/mol. The minimum Gasteiger partial charge on any atom is -0.324 e. The minimum absolute atomic E-state index is 0.0839. The summed E-state index contributed by atoms with van der Waals surface area (Å²) in [4.78, 5) is 23.4. The van der Waals surface area contributed by atoms with Crippen LogP contribution in [0.15, 0.2) is 65.6 Å². The van der Waals surface area contributed by atoms with Crippen molar-refractivity contribution in [3.05, 3.63) is 97.0 Å². The molecule has 0 unspecified atom stereocenters. The van der Waals surface area contributed by atoms with Crippen LogP contribution < -0.4 is 5.32 Å². The van der Waals surface area contributed by atoms with E-state index in [1.54, 1.807) is 18.2 Å². The zero-order chi connectivity index (χ0) is 25.0. The van der Waals surface area contributed by atoms with E-state index >= 15 is 0 Å². The lowest BCUT2D eigenvalue weighted by Crippen LogP contribution is -2.37. The summed E-state index contributed by atoms with van der Waals surface area (Å²) < 4.78 is 27.7. The maximum absolute atomic E-state index is 13.4. The number of anilines is 1. The number of amides is 1. The molecule has 0 saturated heterocycles. The van der Waals surface area contributed by atoms with Crippen molar-refractivity contribution in [3.63, 3.8) is 0 Å². The molecule has 3 aromatic carbocycles. The standard InChI is InChI=1S/C22H18Cl3N3O5S/c1-14-20(6-3-7-21(14)28(30)31)26-22(29)13-27(12-17-18(24)4-2-5-19(17)25)34(32,33)16-10-8-15(23)9-11-16/h2-11H,12-13H2,1H3,(H,26,29). The molecule has 0 saturated carbocycles. The van der Waals surface area contributed by atoms with E-state index in [1.807, 2.05) is 0 Å². The van der Waals surface area contributed by atoms with Gasteiger partial charge in [-0.3, -0.25) is 14.9 Å². The number of carbonyl (C=O) groups excluding carboxylic acids is 1. The number of hydrogen-bond donors (Lipinski definition) is 1. The SMILES string of the molecule is Cc1c(NC(=O)CN(Cc2c(Cl)cccc2Cl)S(=O)(=O)c2ccc(Cl)cc2)cccc1[N+](=O)[O-]. The Morgan fingerprint density at radius 1 is 1.00 bits per heavy atom. The van der Waals surface area contributed by atoms with Gasteiger partial charge in [-0.15, -0.1) is 0 Å². The van der Waals surface area contributed by atoms with E-state index in [0.717, 1.165) is 4.31 Å². The molecule has 0 bridgehead atoms. The van der Waals surface area contributed by atoms with Gasteiger partial charge in [0, 0.05) is 33.2 Å². The van der Waals surface area contributed by atoms with Crippen molar-refractivity contribution < 1.29 is 18.1 Å². The average molecular weight is 543 g/mol. The van der Waals surface area contributed by atoms with Gasteiger partial charge in [-0.2, -0.15) is 4.31 Å². The number of nitro benzene ring substituents is 1. The van der Waals surface area contributed by atoms with Crippen LogP contribution in [0.25, 0.3) is 0 Å². The second-order valence-electron chi connectivity index (χ2n) is 7.18. The molecule has 0 aliphatic rings. The smallest absolute Gasteiger partial charge is 0.274 e. The first-order chi connectivity index (χ1) is 16.0. The van der Waals surface area contributed by atoms with E-state index in [1.165, 1.54) is 49.4 Å². The summed E-state index contributed by atoms with van der Waals surface area (Å²) in [6, 6.07) is 14.4. The summed E-state index contributed by atoms with van der Waals surface area (Å²) >= 11 is 18.4. The van der Waals surface area contributed by atoms with Crippen molar-refractivity contribution in [1.82, 2.24) is 4.31 Å². The van der Waals surface area contributed by atoms with Crippen molar-refractivity contribution in [2.45, 2.75) is 18.4 Å². The Morgan fingerprint density at radius 2 is 1.59 bits per heavy atom. The van der Waals surface area contributed by atoms with Crippen LogP contribution in [-0.4, -0.2) is 30.1 Å². The third kappa shape index (κ3) is 5.86. The molecule has 0 spiro atoms. The molecule has 0 fully saturated rings. The Balaban J connectivity index is 1.95. The molecular weight excluding hydrogens is 525 g/mol. The molecule has 1 N–H and O–H groups in total. The third-order valence-corrected chi connectivity index (χ3v) is 7.71. The molecule has 0 heterocycles. The van der Waals surface area contributed by atoms with E-state index in [4.69, 9.17) is 34.8 Å². The Kier molecular flexibility index (Phi) is 8.17. The van der Waals surface area contributed by atoms with Gasteiger partial charge in [-0.25, -0.2) is 8.42 Å². The number of nitrogens with one attached hydrogen (secondary N) is 1. The maximum atomic E-state index is 13.4. The van der Waals surface area contributed by atoms with Gasteiger partial charge in [0.05, 0.1) is 27.6 Å². The predicted molar refractivity (Wildman–Crippen MR) is 132 cm³/mol. The second-order valence-corrected chi connectivity index (χ2v) is 10.4. The molecule has 0 aliphatic heterocycles. The number of sulfonamides is 1. The van der Waals surface area contributed by atoms with Crippen molar-refractivity contribution in [3.8, 4) is 0 Å². The number of hydrogen-bond acceptors (Lipinski definition) is 5. The van der Waals surface area contributed by atoms with Crippen molar-refractivity contribution in [2.75, 3.05) is 11.9 Å². The van der Waals surface area contributed by atoms with E-state index in [-0.39, 0.29) is 38.4 Å². The zero-order valence-corrected chi connectivity index (χ0v) is 20.7. The molecule has 1 amide bonds. The molecule has 0 radical (unpaired) electrons. The molecule has 0 aliphatic carbocycles. The molecule has 8 nitrogen and oxygen atoms in total. The summed E-state index contributed by atoms with van der Waals surface area (Å²) in [7, 11) is -4.18. The molecule has 3 rings (SSSR count). The summed E-state index contributed by atoms with van der Waals surface area (Å²) in [5, 5.41) is 14.6. The van der Waals surface area contributed by atoms with E-state index in [0.29, 0.717) is 10.6 Å². The summed E-state index contributed by atoms with van der Waals surface area (Å²) in [5.41, 5.74) is 0.579.